The van der Waals surface area contributed by atoms with Gasteiger partial charge in [-0.05, 0) is 54.1 Å². The number of aliphatic imine (C=N–C) groups is 1. The van der Waals surface area contributed by atoms with Gasteiger partial charge in [0.2, 0.25) is 0 Å². The van der Waals surface area contributed by atoms with E-state index in [9.17, 15) is 9.50 Å². The van der Waals surface area contributed by atoms with Gasteiger partial charge in [-0.1, -0.05) is 6.07 Å². The fraction of sp³-hybridized carbons (Fsp3) is 0.0909. The summed E-state index contributed by atoms with van der Waals surface area (Å²) >= 11 is 0. The zero-order chi connectivity index (χ0) is 19.5. The highest BCUT2D eigenvalue weighted by molar-refractivity contribution is 6.02. The molecule has 28 heavy (non-hydrogen) atoms. The minimum atomic E-state index is -0.358. The Balaban J connectivity index is 1.51. The second kappa shape index (κ2) is 7.52. The number of pyridine rings is 1. The number of aromatic amines is 1. The van der Waals surface area contributed by atoms with Crippen molar-refractivity contribution in [3.63, 3.8) is 0 Å². The van der Waals surface area contributed by atoms with Crippen molar-refractivity contribution in [2.45, 2.75) is 6.54 Å². The maximum Gasteiger partial charge on any atom is 0.198 e. The van der Waals surface area contributed by atoms with Gasteiger partial charge in [0.15, 0.2) is 5.88 Å². The van der Waals surface area contributed by atoms with Crippen molar-refractivity contribution in [1.82, 2.24) is 9.97 Å². The number of hydrogen-bond donors (Lipinski definition) is 2. The molecule has 0 spiro atoms. The topological polar surface area (TPSA) is 64.5 Å². The van der Waals surface area contributed by atoms with Crippen LogP contribution in [0.5, 0.6) is 5.88 Å². The first-order chi connectivity index (χ1) is 13.6. The highest BCUT2D eigenvalue weighted by atomic mass is 19.1. The van der Waals surface area contributed by atoms with Crippen LogP contribution in [0.2, 0.25) is 0 Å². The average Bonchev–Trinajstić information content (AvgIpc) is 3.01. The van der Waals surface area contributed by atoms with Gasteiger partial charge in [0.1, 0.15) is 5.82 Å². The summed E-state index contributed by atoms with van der Waals surface area (Å²) in [6, 6.07) is 16.1. The lowest BCUT2D eigenvalue weighted by molar-refractivity contribution is 0.457. The highest BCUT2D eigenvalue weighted by Gasteiger charge is 2.09. The summed E-state index contributed by atoms with van der Waals surface area (Å²) in [5.41, 5.74) is 4.03. The Morgan fingerprint density at radius 1 is 1.18 bits per heavy atom. The molecule has 0 saturated carbocycles. The average molecular weight is 374 g/mol. The molecule has 2 aromatic heterocycles. The monoisotopic (exact) mass is 374 g/mol. The molecule has 0 bridgehead atoms. The Kier molecular flexibility index (Phi) is 4.76. The number of anilines is 1. The molecule has 0 atom stereocenters. The molecule has 6 heteroatoms. The van der Waals surface area contributed by atoms with Crippen molar-refractivity contribution in [3.05, 3.63) is 83.9 Å². The lowest BCUT2D eigenvalue weighted by atomic mass is 10.2. The zero-order valence-corrected chi connectivity index (χ0v) is 15.3. The van der Waals surface area contributed by atoms with Crippen molar-refractivity contribution in [2.75, 3.05) is 11.9 Å². The molecule has 140 valence electrons. The SMILES string of the molecule is CN(Cc1cccnc1)c1ccc(N=Cc2c(O)[nH]c3cc(F)ccc23)cc1. The quantitative estimate of drug-likeness (QED) is 0.494. The number of nitrogens with zero attached hydrogens (tertiary/aromatic N) is 3. The van der Waals surface area contributed by atoms with Gasteiger partial charge in [-0.2, -0.15) is 0 Å². The number of hydrogen-bond acceptors (Lipinski definition) is 4. The Bertz CT molecular complexity index is 1120. The number of aromatic nitrogens is 2. The van der Waals surface area contributed by atoms with Gasteiger partial charge in [-0.3, -0.25) is 9.98 Å². The molecule has 2 aromatic carbocycles. The first-order valence-corrected chi connectivity index (χ1v) is 8.84. The fourth-order valence-electron chi connectivity index (χ4n) is 3.10. The second-order valence-corrected chi connectivity index (χ2v) is 6.57. The second-order valence-electron chi connectivity index (χ2n) is 6.57. The number of rotatable bonds is 5. The molecule has 4 aromatic rings. The summed E-state index contributed by atoms with van der Waals surface area (Å²) < 4.78 is 13.3. The van der Waals surface area contributed by atoms with Crippen LogP contribution in [0.25, 0.3) is 10.9 Å². The first-order valence-electron chi connectivity index (χ1n) is 8.84. The minimum absolute atomic E-state index is 0.0304. The third-order valence-corrected chi connectivity index (χ3v) is 4.56. The molecule has 0 aliphatic heterocycles. The van der Waals surface area contributed by atoms with Crippen molar-refractivity contribution < 1.29 is 9.50 Å². The normalized spacial score (nSPS) is 11.4. The van der Waals surface area contributed by atoms with E-state index in [-0.39, 0.29) is 11.7 Å². The van der Waals surface area contributed by atoms with E-state index >= 15 is 0 Å². The molecule has 0 radical (unpaired) electrons. The molecular formula is C22H19FN4O. The minimum Gasteiger partial charge on any atom is -0.494 e. The van der Waals surface area contributed by atoms with Crippen LogP contribution in [0.15, 0.2) is 72.0 Å². The molecule has 0 aliphatic rings. The van der Waals surface area contributed by atoms with Crippen LogP contribution in [0.1, 0.15) is 11.1 Å². The van der Waals surface area contributed by atoms with Crippen LogP contribution < -0.4 is 4.90 Å². The predicted molar refractivity (Wildman–Crippen MR) is 110 cm³/mol. The standard InChI is InChI=1S/C22H19FN4O/c1-27(14-15-3-2-10-24-12-15)18-7-5-17(6-8-18)25-13-20-19-9-4-16(23)11-21(19)26-22(20)28/h2-13,26,28H,14H2,1H3. The van der Waals surface area contributed by atoms with E-state index in [1.807, 2.05) is 49.6 Å². The van der Waals surface area contributed by atoms with E-state index in [1.165, 1.54) is 12.1 Å². The number of nitrogens with one attached hydrogen (secondary N) is 1. The van der Waals surface area contributed by atoms with E-state index in [4.69, 9.17) is 0 Å². The van der Waals surface area contributed by atoms with Gasteiger partial charge >= 0.3 is 0 Å². The fourth-order valence-corrected chi connectivity index (χ4v) is 3.10. The van der Waals surface area contributed by atoms with Gasteiger partial charge in [0, 0.05) is 43.3 Å². The molecule has 0 fully saturated rings. The number of H-pyrrole nitrogens is 1. The maximum absolute atomic E-state index is 13.3. The van der Waals surface area contributed by atoms with Crippen molar-refractivity contribution >= 4 is 28.5 Å². The largest absolute Gasteiger partial charge is 0.494 e. The first kappa shape index (κ1) is 17.7. The number of aromatic hydroxyl groups is 1. The summed E-state index contributed by atoms with van der Waals surface area (Å²) in [6.07, 6.45) is 5.20. The molecule has 0 unspecified atom stereocenters. The van der Waals surface area contributed by atoms with Crippen molar-refractivity contribution in [3.8, 4) is 5.88 Å². The molecule has 0 aliphatic carbocycles. The molecule has 4 rings (SSSR count). The van der Waals surface area contributed by atoms with Crippen LogP contribution in [-0.4, -0.2) is 28.3 Å². The van der Waals surface area contributed by atoms with Crippen LogP contribution in [0, 0.1) is 5.82 Å². The zero-order valence-electron chi connectivity index (χ0n) is 15.3. The van der Waals surface area contributed by atoms with E-state index in [1.54, 1.807) is 18.5 Å². The van der Waals surface area contributed by atoms with Crippen molar-refractivity contribution in [2.24, 2.45) is 4.99 Å². The summed E-state index contributed by atoms with van der Waals surface area (Å²) in [5.74, 6) is -0.389. The van der Waals surface area contributed by atoms with Crippen LogP contribution in [0.3, 0.4) is 0 Å². The third-order valence-electron chi connectivity index (χ3n) is 4.56. The van der Waals surface area contributed by atoms with Crippen molar-refractivity contribution in [1.29, 1.82) is 0 Å². The van der Waals surface area contributed by atoms with E-state index < -0.39 is 0 Å². The Labute approximate surface area is 161 Å². The molecule has 5 nitrogen and oxygen atoms in total. The Morgan fingerprint density at radius 3 is 2.75 bits per heavy atom. The van der Waals surface area contributed by atoms with Crippen LogP contribution >= 0.6 is 0 Å². The molecule has 0 saturated heterocycles. The predicted octanol–water partition coefficient (Wildman–Crippen LogP) is 4.79. The number of fused-ring (bicyclic) bond motifs is 1. The Hall–Kier alpha value is -3.67. The van der Waals surface area contributed by atoms with Crippen LogP contribution in [-0.2, 0) is 6.54 Å². The summed E-state index contributed by atoms with van der Waals surface area (Å²) in [4.78, 5) is 13.5. The summed E-state index contributed by atoms with van der Waals surface area (Å²) in [7, 11) is 2.02. The molecule has 0 amide bonds. The van der Waals surface area contributed by atoms with E-state index in [2.05, 4.69) is 19.9 Å². The number of benzene rings is 2. The third kappa shape index (κ3) is 3.71. The van der Waals surface area contributed by atoms with Gasteiger partial charge < -0.3 is 15.0 Å². The van der Waals surface area contributed by atoms with Gasteiger partial charge in [-0.15, -0.1) is 0 Å². The lowest BCUT2D eigenvalue weighted by Crippen LogP contribution is -2.16. The summed E-state index contributed by atoms with van der Waals surface area (Å²) in [5, 5.41) is 10.8. The van der Waals surface area contributed by atoms with Gasteiger partial charge in [-0.25, -0.2) is 4.39 Å². The van der Waals surface area contributed by atoms with E-state index in [0.29, 0.717) is 11.1 Å². The Morgan fingerprint density at radius 2 is 2.00 bits per heavy atom. The summed E-state index contributed by atoms with van der Waals surface area (Å²) in [6.45, 7) is 0.760. The smallest absolute Gasteiger partial charge is 0.198 e. The lowest BCUT2D eigenvalue weighted by Gasteiger charge is -2.19. The molecule has 2 heterocycles. The van der Waals surface area contributed by atoms with Crippen LogP contribution in [0.4, 0.5) is 15.8 Å². The van der Waals surface area contributed by atoms with Gasteiger partial charge in [0.05, 0.1) is 16.8 Å². The van der Waals surface area contributed by atoms with E-state index in [0.717, 1.165) is 28.9 Å². The molecule has 2 N–H and O–H groups in total. The maximum atomic E-state index is 13.3. The molecular weight excluding hydrogens is 355 g/mol. The number of halogens is 1. The van der Waals surface area contributed by atoms with Gasteiger partial charge in [0.25, 0.3) is 0 Å². The highest BCUT2D eigenvalue weighted by Crippen LogP contribution is 2.27.